The van der Waals surface area contributed by atoms with Crippen molar-refractivity contribution in [2.75, 3.05) is 24.9 Å². The second-order valence-corrected chi connectivity index (χ2v) is 6.69. The number of nitrogens with one attached hydrogen (secondary N) is 2. The third kappa shape index (κ3) is 6.36. The molecule has 0 unspecified atom stereocenters. The Labute approximate surface area is 184 Å². The molecule has 9 heteroatoms. The maximum atomic E-state index is 12.4. The first-order valence-corrected chi connectivity index (χ1v) is 9.38. The predicted molar refractivity (Wildman–Crippen MR) is 117 cm³/mol. The van der Waals surface area contributed by atoms with Gasteiger partial charge in [-0.2, -0.15) is 0 Å². The van der Waals surface area contributed by atoms with Gasteiger partial charge in [0, 0.05) is 28.6 Å². The monoisotopic (exact) mass is 438 g/mol. The summed E-state index contributed by atoms with van der Waals surface area (Å²) in [5.74, 6) is -2.67. The Kier molecular flexibility index (Phi) is 8.00. The van der Waals surface area contributed by atoms with Gasteiger partial charge in [-0.05, 0) is 56.3 Å². The number of hydrogen-bond donors (Lipinski definition) is 2. The lowest BCUT2D eigenvalue weighted by Crippen LogP contribution is -2.17. The highest BCUT2D eigenvalue weighted by molar-refractivity contribution is 6.10. The van der Waals surface area contributed by atoms with Crippen molar-refractivity contribution < 1.29 is 33.4 Å². The molecule has 0 aliphatic heterocycles. The van der Waals surface area contributed by atoms with Crippen molar-refractivity contribution in [1.82, 2.24) is 0 Å². The molecule has 9 nitrogen and oxygen atoms in total. The summed E-state index contributed by atoms with van der Waals surface area (Å²) in [6.45, 7) is 2.89. The van der Waals surface area contributed by atoms with E-state index < -0.39 is 23.8 Å². The number of amides is 2. The zero-order valence-electron chi connectivity index (χ0n) is 18.0. The fraction of sp³-hybridized carbons (Fsp3) is 0.174. The minimum atomic E-state index is -0.701. The van der Waals surface area contributed by atoms with E-state index in [2.05, 4.69) is 20.1 Å². The summed E-state index contributed by atoms with van der Waals surface area (Å²) >= 11 is 0. The van der Waals surface area contributed by atoms with Gasteiger partial charge in [-0.3, -0.25) is 14.4 Å². The lowest BCUT2D eigenvalue weighted by Gasteiger charge is -2.09. The number of carbonyl (C=O) groups is 5. The molecule has 0 radical (unpaired) electrons. The van der Waals surface area contributed by atoms with E-state index in [1.807, 2.05) is 0 Å². The number of benzene rings is 2. The average molecular weight is 438 g/mol. The molecule has 2 aromatic rings. The fourth-order valence-electron chi connectivity index (χ4n) is 2.63. The molecule has 0 saturated carbocycles. The Morgan fingerprint density at radius 3 is 1.72 bits per heavy atom. The molecule has 0 heterocycles. The van der Waals surface area contributed by atoms with Crippen molar-refractivity contribution in [1.29, 1.82) is 0 Å². The molecule has 0 bridgehead atoms. The molecule has 2 rings (SSSR count). The Bertz CT molecular complexity index is 1070. The quantitative estimate of drug-likeness (QED) is 0.386. The lowest BCUT2D eigenvalue weighted by atomic mass is 10.1. The first-order chi connectivity index (χ1) is 15.1. The molecule has 166 valence electrons. The van der Waals surface area contributed by atoms with E-state index in [1.54, 1.807) is 24.3 Å². The summed E-state index contributed by atoms with van der Waals surface area (Å²) in [5.41, 5.74) is 1.30. The van der Waals surface area contributed by atoms with Gasteiger partial charge >= 0.3 is 11.9 Å². The van der Waals surface area contributed by atoms with Gasteiger partial charge in [0.2, 0.25) is 5.91 Å². The maximum absolute atomic E-state index is 12.4. The number of rotatable bonds is 7. The summed E-state index contributed by atoms with van der Waals surface area (Å²) in [4.78, 5) is 59.7. The van der Waals surface area contributed by atoms with Gasteiger partial charge in [0.15, 0.2) is 5.78 Å². The van der Waals surface area contributed by atoms with Crippen molar-refractivity contribution in [3.63, 3.8) is 0 Å². The molecule has 0 aliphatic rings. The maximum Gasteiger partial charge on any atom is 0.337 e. The summed E-state index contributed by atoms with van der Waals surface area (Å²) < 4.78 is 9.30. The van der Waals surface area contributed by atoms with Crippen molar-refractivity contribution in [3.05, 3.63) is 70.8 Å². The van der Waals surface area contributed by atoms with Crippen LogP contribution in [0.4, 0.5) is 11.4 Å². The number of methoxy groups -OCH3 is 2. The van der Waals surface area contributed by atoms with Crippen LogP contribution in [0.3, 0.4) is 0 Å². The fourth-order valence-corrected chi connectivity index (χ4v) is 2.63. The molecule has 0 spiro atoms. The number of hydrogen-bond acceptors (Lipinski definition) is 7. The van der Waals surface area contributed by atoms with Crippen LogP contribution in [0.15, 0.2) is 54.1 Å². The van der Waals surface area contributed by atoms with Crippen molar-refractivity contribution >= 4 is 40.9 Å². The largest absolute Gasteiger partial charge is 0.465 e. The number of carbonyl (C=O) groups excluding carboxylic acids is 5. The van der Waals surface area contributed by atoms with Gasteiger partial charge in [0.05, 0.1) is 25.3 Å². The van der Waals surface area contributed by atoms with E-state index in [1.165, 1.54) is 46.3 Å². The first-order valence-electron chi connectivity index (χ1n) is 9.38. The molecule has 2 aromatic carbocycles. The Morgan fingerprint density at radius 2 is 1.25 bits per heavy atom. The van der Waals surface area contributed by atoms with Crippen LogP contribution in [0, 0.1) is 0 Å². The first kappa shape index (κ1) is 24.0. The summed E-state index contributed by atoms with van der Waals surface area (Å²) in [6.07, 6.45) is 1.07. The molecule has 0 aromatic heterocycles. The highest BCUT2D eigenvalue weighted by atomic mass is 16.5. The molecule has 0 saturated heterocycles. The molecular weight excluding hydrogens is 416 g/mol. The van der Waals surface area contributed by atoms with Crippen LogP contribution in [-0.2, 0) is 19.1 Å². The van der Waals surface area contributed by atoms with Gasteiger partial charge < -0.3 is 20.1 Å². The number of ether oxygens (including phenoxy) is 2. The lowest BCUT2D eigenvalue weighted by molar-refractivity contribution is -0.114. The van der Waals surface area contributed by atoms with Gasteiger partial charge in [0.1, 0.15) is 0 Å². The van der Waals surface area contributed by atoms with E-state index in [0.29, 0.717) is 11.3 Å². The number of Topliss-reactive ketones (excluding diaryl/α,β-unsaturated/α-hetero) is 1. The minimum Gasteiger partial charge on any atom is -0.465 e. The molecular formula is C23H22N2O7. The van der Waals surface area contributed by atoms with Gasteiger partial charge in [0.25, 0.3) is 5.91 Å². The number of esters is 2. The Hall–Kier alpha value is -4.27. The average Bonchev–Trinajstić information content (AvgIpc) is 2.77. The summed E-state index contributed by atoms with van der Waals surface area (Å²) in [7, 11) is 2.37. The second-order valence-electron chi connectivity index (χ2n) is 6.69. The van der Waals surface area contributed by atoms with Crippen LogP contribution in [0.5, 0.6) is 0 Å². The molecule has 0 fully saturated rings. The number of anilines is 2. The summed E-state index contributed by atoms with van der Waals surface area (Å²) in [5, 5.41) is 5.12. The third-order valence-corrected chi connectivity index (χ3v) is 4.30. The van der Waals surface area contributed by atoms with Gasteiger partial charge in [-0.15, -0.1) is 0 Å². The molecule has 0 aliphatic carbocycles. The number of ketones is 1. The topological polar surface area (TPSA) is 128 Å². The van der Waals surface area contributed by atoms with Crippen molar-refractivity contribution in [2.45, 2.75) is 13.8 Å². The summed E-state index contributed by atoms with van der Waals surface area (Å²) in [6, 6.07) is 10.3. The van der Waals surface area contributed by atoms with Gasteiger partial charge in [-0.25, -0.2) is 9.59 Å². The highest BCUT2D eigenvalue weighted by Crippen LogP contribution is 2.17. The molecule has 2 amide bonds. The van der Waals surface area contributed by atoms with E-state index in [4.69, 9.17) is 0 Å². The van der Waals surface area contributed by atoms with Crippen LogP contribution >= 0.6 is 0 Å². The predicted octanol–water partition coefficient (Wildman–Crippen LogP) is 2.99. The Balaban J connectivity index is 2.15. The van der Waals surface area contributed by atoms with E-state index >= 15 is 0 Å². The Morgan fingerprint density at radius 1 is 0.719 bits per heavy atom. The van der Waals surface area contributed by atoms with Crippen LogP contribution in [0.2, 0.25) is 0 Å². The normalized spacial score (nSPS) is 10.7. The zero-order valence-corrected chi connectivity index (χ0v) is 18.0. The van der Waals surface area contributed by atoms with E-state index in [0.717, 1.165) is 6.08 Å². The second kappa shape index (κ2) is 10.7. The third-order valence-electron chi connectivity index (χ3n) is 4.30. The van der Waals surface area contributed by atoms with Crippen LogP contribution < -0.4 is 10.6 Å². The SMILES string of the molecule is COC(=O)c1cc(NC(=O)/C=C(/C)C(=O)Nc2ccc(C(C)=O)cc2)cc(C(=O)OC)c1. The van der Waals surface area contributed by atoms with Crippen molar-refractivity contribution in [2.24, 2.45) is 0 Å². The molecule has 32 heavy (non-hydrogen) atoms. The van der Waals surface area contributed by atoms with Gasteiger partial charge in [-0.1, -0.05) is 0 Å². The van der Waals surface area contributed by atoms with Crippen LogP contribution in [0.1, 0.15) is 44.9 Å². The van der Waals surface area contributed by atoms with Crippen LogP contribution in [-0.4, -0.2) is 43.8 Å². The van der Waals surface area contributed by atoms with E-state index in [-0.39, 0.29) is 28.2 Å². The van der Waals surface area contributed by atoms with Crippen molar-refractivity contribution in [3.8, 4) is 0 Å². The standard InChI is InChI=1S/C23H22N2O7/c1-13(21(28)25-18-7-5-15(6-8-18)14(2)26)9-20(27)24-19-11-16(22(29)31-3)10-17(12-19)23(30)32-4/h5-12H,1-4H3,(H,24,27)(H,25,28)/b13-9-. The smallest absolute Gasteiger partial charge is 0.337 e. The molecule has 0 atom stereocenters. The highest BCUT2D eigenvalue weighted by Gasteiger charge is 2.15. The molecule has 2 N–H and O–H groups in total. The van der Waals surface area contributed by atoms with E-state index in [9.17, 15) is 24.0 Å². The zero-order chi connectivity index (χ0) is 23.8. The van der Waals surface area contributed by atoms with Crippen LogP contribution in [0.25, 0.3) is 0 Å². The minimum absolute atomic E-state index is 0.0400.